The SMILES string of the molecule is COc1cc(C(=O)N(C)C)ccc1Nc1ncc(Br)c(C[C@@H]2CCCC[C@H]2CC(C)=O)n1. The topological polar surface area (TPSA) is 84.4 Å². The molecule has 0 aliphatic heterocycles. The molecule has 1 aromatic carbocycles. The van der Waals surface area contributed by atoms with Crippen molar-refractivity contribution >= 4 is 39.3 Å². The average molecular weight is 503 g/mol. The van der Waals surface area contributed by atoms with Gasteiger partial charge in [-0.2, -0.15) is 0 Å². The maximum Gasteiger partial charge on any atom is 0.253 e. The molecule has 1 saturated carbocycles. The van der Waals surface area contributed by atoms with Gasteiger partial charge in [-0.25, -0.2) is 9.97 Å². The number of carbonyl (C=O) groups is 2. The fourth-order valence-electron chi connectivity index (χ4n) is 4.35. The van der Waals surface area contributed by atoms with Crippen molar-refractivity contribution in [1.82, 2.24) is 14.9 Å². The van der Waals surface area contributed by atoms with E-state index in [1.165, 1.54) is 17.7 Å². The molecule has 8 heteroatoms. The zero-order valence-electron chi connectivity index (χ0n) is 19.2. The van der Waals surface area contributed by atoms with Crippen LogP contribution in [-0.2, 0) is 11.2 Å². The summed E-state index contributed by atoms with van der Waals surface area (Å²) >= 11 is 3.59. The summed E-state index contributed by atoms with van der Waals surface area (Å²) in [5, 5.41) is 3.22. The molecular formula is C24H31BrN4O3. The predicted molar refractivity (Wildman–Crippen MR) is 128 cm³/mol. The van der Waals surface area contributed by atoms with E-state index in [4.69, 9.17) is 9.72 Å². The van der Waals surface area contributed by atoms with E-state index in [1.54, 1.807) is 52.5 Å². The van der Waals surface area contributed by atoms with E-state index in [0.717, 1.165) is 29.4 Å². The van der Waals surface area contributed by atoms with Crippen molar-refractivity contribution in [3.8, 4) is 5.75 Å². The molecule has 32 heavy (non-hydrogen) atoms. The molecule has 2 aromatic rings. The van der Waals surface area contributed by atoms with Crippen LogP contribution in [0.2, 0.25) is 0 Å². The number of benzene rings is 1. The highest BCUT2D eigenvalue weighted by molar-refractivity contribution is 9.10. The Bertz CT molecular complexity index is 980. The lowest BCUT2D eigenvalue weighted by Crippen LogP contribution is -2.24. The van der Waals surface area contributed by atoms with E-state index in [-0.39, 0.29) is 11.7 Å². The number of anilines is 2. The lowest BCUT2D eigenvalue weighted by molar-refractivity contribution is -0.118. The maximum atomic E-state index is 12.2. The first-order valence-electron chi connectivity index (χ1n) is 11.0. The number of nitrogens with one attached hydrogen (secondary N) is 1. The van der Waals surface area contributed by atoms with Crippen molar-refractivity contribution in [1.29, 1.82) is 0 Å². The van der Waals surface area contributed by atoms with Crippen molar-refractivity contribution < 1.29 is 14.3 Å². The molecule has 1 aromatic heterocycles. The number of carbonyl (C=O) groups excluding carboxylic acids is 2. The Morgan fingerprint density at radius 2 is 1.94 bits per heavy atom. The van der Waals surface area contributed by atoms with E-state index in [0.29, 0.717) is 41.2 Å². The standard InChI is InChI=1S/C24H31BrN4O3/c1-15(30)11-16-7-5-6-8-17(16)12-21-19(25)14-26-24(28-21)27-20-10-9-18(13-22(20)32-4)23(31)29(2)3/h9-10,13-14,16-17H,5-8,11-12H2,1-4H3,(H,26,27,28)/t16-,17-/m0/s1. The Balaban J connectivity index is 1.80. The minimum absolute atomic E-state index is 0.0929. The van der Waals surface area contributed by atoms with Crippen LogP contribution < -0.4 is 10.1 Å². The molecule has 1 aliphatic carbocycles. The summed E-state index contributed by atoms with van der Waals surface area (Å²) in [6.07, 6.45) is 7.82. The maximum absolute atomic E-state index is 12.2. The second-order valence-electron chi connectivity index (χ2n) is 8.64. The van der Waals surface area contributed by atoms with Gasteiger partial charge in [-0.3, -0.25) is 4.79 Å². The third kappa shape index (κ3) is 6.06. The van der Waals surface area contributed by atoms with Gasteiger partial charge in [0.1, 0.15) is 11.5 Å². The van der Waals surface area contributed by atoms with E-state index >= 15 is 0 Å². The summed E-state index contributed by atoms with van der Waals surface area (Å²) in [6, 6.07) is 5.25. The fraction of sp³-hybridized carbons (Fsp3) is 0.500. The van der Waals surface area contributed by atoms with Crippen molar-refractivity contribution in [3.63, 3.8) is 0 Å². The molecule has 0 radical (unpaired) electrons. The van der Waals surface area contributed by atoms with Crippen LogP contribution in [0.25, 0.3) is 0 Å². The van der Waals surface area contributed by atoms with E-state index in [9.17, 15) is 9.59 Å². The van der Waals surface area contributed by atoms with Gasteiger partial charge in [0.15, 0.2) is 0 Å². The zero-order chi connectivity index (χ0) is 23.3. The number of nitrogens with zero attached hydrogens (tertiary/aromatic N) is 3. The zero-order valence-corrected chi connectivity index (χ0v) is 20.7. The van der Waals surface area contributed by atoms with Crippen molar-refractivity contribution in [2.45, 2.75) is 45.4 Å². The summed E-state index contributed by atoms with van der Waals surface area (Å²) in [5.41, 5.74) is 2.16. The van der Waals surface area contributed by atoms with Gasteiger partial charge in [0, 0.05) is 32.3 Å². The van der Waals surface area contributed by atoms with Crippen LogP contribution in [0.4, 0.5) is 11.6 Å². The Hall–Kier alpha value is -2.48. The van der Waals surface area contributed by atoms with E-state index in [1.807, 2.05) is 0 Å². The lowest BCUT2D eigenvalue weighted by Gasteiger charge is -2.31. The first-order valence-corrected chi connectivity index (χ1v) is 11.7. The Kier molecular flexibility index (Phi) is 8.23. The third-order valence-corrected chi connectivity index (χ3v) is 6.65. The second kappa shape index (κ2) is 10.9. The molecular weight excluding hydrogens is 472 g/mol. The quantitative estimate of drug-likeness (QED) is 0.545. The number of amides is 1. The van der Waals surface area contributed by atoms with Crippen molar-refractivity contribution in [2.24, 2.45) is 11.8 Å². The molecule has 0 saturated heterocycles. The summed E-state index contributed by atoms with van der Waals surface area (Å²) in [5.74, 6) is 2.03. The first-order chi connectivity index (χ1) is 15.3. The molecule has 1 aliphatic rings. The molecule has 2 atom stereocenters. The van der Waals surface area contributed by atoms with Gasteiger partial charge in [-0.05, 0) is 72.2 Å². The first kappa shape index (κ1) is 24.2. The van der Waals surface area contributed by atoms with Crippen LogP contribution in [-0.4, -0.2) is 47.8 Å². The molecule has 7 nitrogen and oxygen atoms in total. The highest BCUT2D eigenvalue weighted by atomic mass is 79.9. The molecule has 172 valence electrons. The average Bonchev–Trinajstić information content (AvgIpc) is 2.76. The van der Waals surface area contributed by atoms with Gasteiger partial charge < -0.3 is 19.7 Å². The number of methoxy groups -OCH3 is 1. The van der Waals surface area contributed by atoms with Crippen LogP contribution >= 0.6 is 15.9 Å². The number of hydrogen-bond acceptors (Lipinski definition) is 6. The van der Waals surface area contributed by atoms with Gasteiger partial charge in [0.2, 0.25) is 5.95 Å². The predicted octanol–water partition coefficient (Wildman–Crippen LogP) is 5.02. The number of ether oxygens (including phenoxy) is 1. The minimum Gasteiger partial charge on any atom is -0.495 e. The highest BCUT2D eigenvalue weighted by Crippen LogP contribution is 2.36. The number of ketones is 1. The van der Waals surface area contributed by atoms with Gasteiger partial charge in [-0.15, -0.1) is 0 Å². The molecule has 1 heterocycles. The van der Waals surface area contributed by atoms with Crippen molar-refractivity contribution in [2.75, 3.05) is 26.5 Å². The Labute approximate surface area is 198 Å². The van der Waals surface area contributed by atoms with E-state index < -0.39 is 0 Å². The number of halogens is 1. The highest BCUT2D eigenvalue weighted by Gasteiger charge is 2.27. The van der Waals surface area contributed by atoms with Gasteiger partial charge in [-0.1, -0.05) is 12.8 Å². The van der Waals surface area contributed by atoms with Crippen LogP contribution in [0, 0.1) is 11.8 Å². The fourth-order valence-corrected chi connectivity index (χ4v) is 4.70. The smallest absolute Gasteiger partial charge is 0.253 e. The molecule has 1 fully saturated rings. The van der Waals surface area contributed by atoms with Crippen LogP contribution in [0.1, 0.15) is 55.1 Å². The Morgan fingerprint density at radius 1 is 1.22 bits per heavy atom. The molecule has 0 unspecified atom stereocenters. The third-order valence-electron chi connectivity index (χ3n) is 5.99. The normalized spacial score (nSPS) is 18.2. The number of aromatic nitrogens is 2. The molecule has 1 amide bonds. The van der Waals surface area contributed by atoms with Crippen LogP contribution in [0.3, 0.4) is 0 Å². The number of rotatable bonds is 8. The summed E-state index contributed by atoms with van der Waals surface area (Å²) in [6.45, 7) is 1.68. The summed E-state index contributed by atoms with van der Waals surface area (Å²) in [7, 11) is 4.99. The number of Topliss-reactive ketones (excluding diaryl/α,β-unsaturated/α-hetero) is 1. The monoisotopic (exact) mass is 502 g/mol. The molecule has 3 rings (SSSR count). The van der Waals surface area contributed by atoms with Crippen LogP contribution in [0.5, 0.6) is 5.75 Å². The lowest BCUT2D eigenvalue weighted by atomic mass is 9.75. The largest absolute Gasteiger partial charge is 0.495 e. The van der Waals surface area contributed by atoms with Gasteiger partial charge in [0.25, 0.3) is 5.91 Å². The van der Waals surface area contributed by atoms with Gasteiger partial charge >= 0.3 is 0 Å². The van der Waals surface area contributed by atoms with Gasteiger partial charge in [0.05, 0.1) is 23.0 Å². The van der Waals surface area contributed by atoms with Crippen LogP contribution in [0.15, 0.2) is 28.9 Å². The number of hydrogen-bond donors (Lipinski definition) is 1. The Morgan fingerprint density at radius 3 is 2.59 bits per heavy atom. The molecule has 1 N–H and O–H groups in total. The molecule has 0 bridgehead atoms. The summed E-state index contributed by atoms with van der Waals surface area (Å²) < 4.78 is 6.35. The molecule has 0 spiro atoms. The minimum atomic E-state index is -0.0929. The second-order valence-corrected chi connectivity index (χ2v) is 9.50. The summed E-state index contributed by atoms with van der Waals surface area (Å²) in [4.78, 5) is 34.6. The van der Waals surface area contributed by atoms with Crippen molar-refractivity contribution in [3.05, 3.63) is 40.1 Å². The van der Waals surface area contributed by atoms with E-state index in [2.05, 4.69) is 26.2 Å².